The zero-order chi connectivity index (χ0) is 22.3. The summed E-state index contributed by atoms with van der Waals surface area (Å²) >= 11 is 0. The Labute approximate surface area is 189 Å². The molecule has 2 unspecified atom stereocenters. The van der Waals surface area contributed by atoms with Crippen LogP contribution in [0.4, 0.5) is 5.69 Å². The highest BCUT2D eigenvalue weighted by Crippen LogP contribution is 2.52. The third-order valence-electron chi connectivity index (χ3n) is 7.33. The Bertz CT molecular complexity index is 893. The van der Waals surface area contributed by atoms with E-state index in [1.165, 1.54) is 5.56 Å². The average molecular weight is 440 g/mol. The zero-order valence-corrected chi connectivity index (χ0v) is 19.0. The van der Waals surface area contributed by atoms with Crippen LogP contribution in [0.15, 0.2) is 36.4 Å². The molecule has 1 spiro atoms. The molecule has 7 heteroatoms. The van der Waals surface area contributed by atoms with Crippen LogP contribution in [-0.2, 0) is 19.1 Å². The molecular formula is C25H33N3O4. The highest BCUT2D eigenvalue weighted by Gasteiger charge is 2.66. The number of rotatable bonds is 7. The van der Waals surface area contributed by atoms with Crippen LogP contribution in [0, 0.1) is 11.8 Å². The molecular weight excluding hydrogens is 406 g/mol. The van der Waals surface area contributed by atoms with Gasteiger partial charge in [-0.25, -0.2) is 0 Å². The average Bonchev–Trinajstić information content (AvgIpc) is 3.43. The lowest BCUT2D eigenvalue weighted by Crippen LogP contribution is -2.41. The van der Waals surface area contributed by atoms with Crippen molar-refractivity contribution in [2.24, 2.45) is 11.8 Å². The van der Waals surface area contributed by atoms with Gasteiger partial charge in [0.1, 0.15) is 5.60 Å². The molecule has 5 rings (SSSR count). The minimum absolute atomic E-state index is 0.0501. The summed E-state index contributed by atoms with van der Waals surface area (Å²) in [6.07, 6.45) is 4.58. The van der Waals surface area contributed by atoms with E-state index in [2.05, 4.69) is 24.1 Å². The van der Waals surface area contributed by atoms with Gasteiger partial charge in [0.25, 0.3) is 0 Å². The molecule has 4 heterocycles. The number of anilines is 1. The quantitative estimate of drug-likeness (QED) is 0.660. The first kappa shape index (κ1) is 21.6. The summed E-state index contributed by atoms with van der Waals surface area (Å²) in [5.41, 5.74) is 1.34. The number of fused-ring (bicyclic) bond motifs is 1. The standard InChI is InChI=1S/C25H33N3O4/c1-17(2)18-4-6-19(7-5-18)26-23(29)21-20-8-9-25(32-20)16-28(24(30)22(21)25)11-3-10-27-12-14-31-15-13-27/h4-9,17,20-22H,3,10-16H2,1-2H3,(H,26,29)/t20-,21?,22-,25?/m0/s1. The topological polar surface area (TPSA) is 71.1 Å². The fourth-order valence-electron chi connectivity index (χ4n) is 5.55. The Morgan fingerprint density at radius 3 is 2.66 bits per heavy atom. The molecule has 0 aromatic heterocycles. The van der Waals surface area contributed by atoms with Gasteiger partial charge in [-0.2, -0.15) is 0 Å². The lowest BCUT2D eigenvalue weighted by atomic mass is 9.76. The molecule has 3 saturated heterocycles. The van der Waals surface area contributed by atoms with E-state index in [1.54, 1.807) is 0 Å². The minimum atomic E-state index is -0.649. The monoisotopic (exact) mass is 439 g/mol. The van der Waals surface area contributed by atoms with Crippen LogP contribution in [0.1, 0.15) is 31.7 Å². The number of nitrogens with one attached hydrogen (secondary N) is 1. The molecule has 0 aliphatic carbocycles. The molecule has 172 valence electrons. The Kier molecular flexibility index (Phi) is 5.82. The van der Waals surface area contributed by atoms with E-state index in [4.69, 9.17) is 9.47 Å². The van der Waals surface area contributed by atoms with Crippen LogP contribution in [0.2, 0.25) is 0 Å². The molecule has 1 aromatic carbocycles. The van der Waals surface area contributed by atoms with Gasteiger partial charge in [-0.15, -0.1) is 0 Å². The first-order valence-electron chi connectivity index (χ1n) is 11.8. The number of carbonyl (C=O) groups is 2. The SMILES string of the molecule is CC(C)c1ccc(NC(=O)C2[C@@H]3C=CC4(CN(CCCN5CCOCC5)C(=O)[C@H]24)O3)cc1. The number of amides is 2. The number of morpholine rings is 1. The van der Waals surface area contributed by atoms with Crippen LogP contribution < -0.4 is 5.32 Å². The van der Waals surface area contributed by atoms with Crippen molar-refractivity contribution in [3.05, 3.63) is 42.0 Å². The van der Waals surface area contributed by atoms with Crippen molar-refractivity contribution in [3.8, 4) is 0 Å². The van der Waals surface area contributed by atoms with E-state index in [9.17, 15) is 9.59 Å². The maximum Gasteiger partial charge on any atom is 0.231 e. The van der Waals surface area contributed by atoms with Crippen LogP contribution in [0.3, 0.4) is 0 Å². The van der Waals surface area contributed by atoms with Gasteiger partial charge in [0, 0.05) is 31.9 Å². The van der Waals surface area contributed by atoms with Gasteiger partial charge in [0.05, 0.1) is 37.7 Å². The van der Waals surface area contributed by atoms with Gasteiger partial charge in [-0.05, 0) is 30.0 Å². The first-order chi connectivity index (χ1) is 15.5. The molecule has 3 fully saturated rings. The number of carbonyl (C=O) groups excluding carboxylic acids is 2. The van der Waals surface area contributed by atoms with Crippen LogP contribution >= 0.6 is 0 Å². The summed E-state index contributed by atoms with van der Waals surface area (Å²) in [7, 11) is 0. The van der Waals surface area contributed by atoms with Gasteiger partial charge in [0.15, 0.2) is 0 Å². The zero-order valence-electron chi connectivity index (χ0n) is 19.0. The van der Waals surface area contributed by atoms with E-state index in [-0.39, 0.29) is 17.9 Å². The van der Waals surface area contributed by atoms with Gasteiger partial charge in [-0.1, -0.05) is 38.1 Å². The normalized spacial score (nSPS) is 31.5. The van der Waals surface area contributed by atoms with E-state index < -0.39 is 17.4 Å². The summed E-state index contributed by atoms with van der Waals surface area (Å²) < 4.78 is 11.6. The molecule has 0 radical (unpaired) electrons. The predicted octanol–water partition coefficient (Wildman–Crippen LogP) is 2.25. The maximum absolute atomic E-state index is 13.3. The molecule has 7 nitrogen and oxygen atoms in total. The van der Waals surface area contributed by atoms with Crippen molar-refractivity contribution < 1.29 is 19.1 Å². The number of hydrogen-bond donors (Lipinski definition) is 1. The molecule has 4 atom stereocenters. The van der Waals surface area contributed by atoms with Crippen molar-refractivity contribution in [2.45, 2.75) is 37.9 Å². The fourth-order valence-corrected chi connectivity index (χ4v) is 5.55. The van der Waals surface area contributed by atoms with Crippen LogP contribution in [0.25, 0.3) is 0 Å². The predicted molar refractivity (Wildman–Crippen MR) is 121 cm³/mol. The number of benzene rings is 1. The highest BCUT2D eigenvalue weighted by molar-refractivity contribution is 5.99. The van der Waals surface area contributed by atoms with Gasteiger partial charge < -0.3 is 19.7 Å². The second-order valence-electron chi connectivity index (χ2n) is 9.73. The van der Waals surface area contributed by atoms with Crippen molar-refractivity contribution in [3.63, 3.8) is 0 Å². The smallest absolute Gasteiger partial charge is 0.231 e. The Morgan fingerprint density at radius 2 is 1.94 bits per heavy atom. The van der Waals surface area contributed by atoms with Crippen molar-refractivity contribution in [2.75, 3.05) is 51.3 Å². The van der Waals surface area contributed by atoms with Crippen molar-refractivity contribution in [1.29, 1.82) is 0 Å². The van der Waals surface area contributed by atoms with Crippen LogP contribution in [-0.4, -0.2) is 79.3 Å². The molecule has 2 amide bonds. The van der Waals surface area contributed by atoms with E-state index in [0.29, 0.717) is 19.0 Å². The molecule has 1 aromatic rings. The third-order valence-corrected chi connectivity index (χ3v) is 7.33. The fraction of sp³-hybridized carbons (Fsp3) is 0.600. The summed E-state index contributed by atoms with van der Waals surface area (Å²) in [5.74, 6) is -0.562. The minimum Gasteiger partial charge on any atom is -0.379 e. The number of nitrogens with zero attached hydrogens (tertiary/aromatic N) is 2. The summed E-state index contributed by atoms with van der Waals surface area (Å²) in [5, 5.41) is 3.02. The van der Waals surface area contributed by atoms with E-state index >= 15 is 0 Å². The Hall–Kier alpha value is -2.22. The van der Waals surface area contributed by atoms with Gasteiger partial charge >= 0.3 is 0 Å². The van der Waals surface area contributed by atoms with Gasteiger partial charge in [0.2, 0.25) is 11.8 Å². The number of hydrogen-bond acceptors (Lipinski definition) is 5. The molecule has 4 aliphatic rings. The molecule has 0 saturated carbocycles. The lowest BCUT2D eigenvalue weighted by Gasteiger charge is -2.27. The summed E-state index contributed by atoms with van der Waals surface area (Å²) in [6.45, 7) is 9.95. The van der Waals surface area contributed by atoms with Crippen LogP contribution in [0.5, 0.6) is 0 Å². The summed E-state index contributed by atoms with van der Waals surface area (Å²) in [6, 6.07) is 7.94. The highest BCUT2D eigenvalue weighted by atomic mass is 16.5. The number of ether oxygens (including phenoxy) is 2. The van der Waals surface area contributed by atoms with E-state index in [0.717, 1.165) is 45.0 Å². The second-order valence-corrected chi connectivity index (χ2v) is 9.73. The molecule has 4 aliphatic heterocycles. The Balaban J connectivity index is 1.23. The second kappa shape index (κ2) is 8.61. The maximum atomic E-state index is 13.3. The van der Waals surface area contributed by atoms with E-state index in [1.807, 2.05) is 41.3 Å². The largest absolute Gasteiger partial charge is 0.379 e. The van der Waals surface area contributed by atoms with Crippen molar-refractivity contribution in [1.82, 2.24) is 9.80 Å². The molecule has 2 bridgehead atoms. The van der Waals surface area contributed by atoms with Crippen molar-refractivity contribution >= 4 is 17.5 Å². The lowest BCUT2D eigenvalue weighted by molar-refractivity contribution is -0.135. The first-order valence-corrected chi connectivity index (χ1v) is 11.8. The molecule has 32 heavy (non-hydrogen) atoms. The molecule has 1 N–H and O–H groups in total. The Morgan fingerprint density at radius 1 is 1.19 bits per heavy atom. The third kappa shape index (κ3) is 3.87. The van der Waals surface area contributed by atoms with Gasteiger partial charge in [-0.3, -0.25) is 14.5 Å². The summed E-state index contributed by atoms with van der Waals surface area (Å²) in [4.78, 5) is 30.8. The number of likely N-dealkylation sites (tertiary alicyclic amines) is 1.